The van der Waals surface area contributed by atoms with E-state index in [-0.39, 0.29) is 31.0 Å². The monoisotopic (exact) mass is 444 g/mol. The van der Waals surface area contributed by atoms with Gasteiger partial charge in [-0.25, -0.2) is 8.42 Å². The Hall–Kier alpha value is -1.07. The highest BCUT2D eigenvalue weighted by molar-refractivity contribution is 7.90. The van der Waals surface area contributed by atoms with E-state index in [0.29, 0.717) is 49.2 Å². The lowest BCUT2D eigenvalue weighted by atomic mass is 9.79. The van der Waals surface area contributed by atoms with Crippen LogP contribution in [0.1, 0.15) is 52.9 Å². The van der Waals surface area contributed by atoms with Gasteiger partial charge in [0.05, 0.1) is 0 Å². The molecule has 172 valence electrons. The first-order chi connectivity index (χ1) is 13.5. The second kappa shape index (κ2) is 11.4. The van der Waals surface area contributed by atoms with Gasteiger partial charge >= 0.3 is 15.5 Å². The molecule has 1 aliphatic rings. The second-order valence-corrected chi connectivity index (χ2v) is 9.48. The van der Waals surface area contributed by atoms with E-state index in [4.69, 9.17) is 0 Å². The Morgan fingerprint density at radius 3 is 2.17 bits per heavy atom. The molecular weight excluding hydrogens is 409 g/mol. The number of halogens is 3. The molecule has 0 atom stereocenters. The summed E-state index contributed by atoms with van der Waals surface area (Å²) in [6.07, 6.45) is 3.20. The smallest absolute Gasteiger partial charge is 0.396 e. The van der Waals surface area contributed by atoms with E-state index >= 15 is 0 Å². The predicted molar refractivity (Wildman–Crippen MR) is 108 cm³/mol. The number of nitrogens with one attached hydrogen (secondary N) is 2. The Labute approximate surface area is 172 Å². The zero-order valence-electron chi connectivity index (χ0n) is 17.6. The molecule has 1 fully saturated rings. The van der Waals surface area contributed by atoms with Crippen molar-refractivity contribution in [3.05, 3.63) is 0 Å². The minimum absolute atomic E-state index is 0.0611. The lowest BCUT2D eigenvalue weighted by Crippen LogP contribution is -2.47. The third-order valence-electron chi connectivity index (χ3n) is 5.82. The van der Waals surface area contributed by atoms with Crippen LogP contribution in [0, 0.1) is 11.3 Å². The Balaban J connectivity index is 2.63. The van der Waals surface area contributed by atoms with E-state index in [1.165, 1.54) is 0 Å². The van der Waals surface area contributed by atoms with Crippen LogP contribution in [0.5, 0.6) is 0 Å². The van der Waals surface area contributed by atoms with Crippen molar-refractivity contribution >= 4 is 16.0 Å². The Bertz CT molecular complexity index is 614. The van der Waals surface area contributed by atoms with Crippen LogP contribution in [-0.4, -0.2) is 68.6 Å². The van der Waals surface area contributed by atoms with E-state index in [9.17, 15) is 26.7 Å². The summed E-state index contributed by atoms with van der Waals surface area (Å²) in [5.74, 6) is 0.695. The number of piperidine rings is 1. The number of nitrogens with zero attached hydrogens (tertiary/aromatic N) is 2. The molecule has 0 aromatic rings. The molecule has 0 spiro atoms. The molecule has 0 radical (unpaired) electrons. The Morgan fingerprint density at radius 1 is 1.14 bits per heavy atom. The number of alkyl halides is 3. The number of aliphatic hydroxyl groups excluding tert-OH is 1. The lowest BCUT2D eigenvalue weighted by Gasteiger charge is -2.32. The highest BCUT2D eigenvalue weighted by Gasteiger charge is 2.50. The summed E-state index contributed by atoms with van der Waals surface area (Å²) in [7, 11) is -5.24. The SMILES string of the molecule is CCNC(=NCC(CC)(CC)CCO)NCC1CCN(S(=O)(=O)C(F)(F)F)CC1. The van der Waals surface area contributed by atoms with Crippen molar-refractivity contribution in [3.8, 4) is 0 Å². The first kappa shape index (κ1) is 26.0. The maximum Gasteiger partial charge on any atom is 0.511 e. The van der Waals surface area contributed by atoms with Crippen molar-refractivity contribution in [1.82, 2.24) is 14.9 Å². The third kappa shape index (κ3) is 7.29. The van der Waals surface area contributed by atoms with E-state index in [1.54, 1.807) is 0 Å². The van der Waals surface area contributed by atoms with Gasteiger partial charge in [0.1, 0.15) is 0 Å². The number of aliphatic imine (C=N–C) groups is 1. The molecule has 11 heteroatoms. The first-order valence-electron chi connectivity index (χ1n) is 10.2. The molecule has 1 heterocycles. The second-order valence-electron chi connectivity index (χ2n) is 7.55. The fraction of sp³-hybridized carbons (Fsp3) is 0.944. The fourth-order valence-electron chi connectivity index (χ4n) is 3.47. The molecule has 0 bridgehead atoms. The van der Waals surface area contributed by atoms with Crippen LogP contribution in [0.15, 0.2) is 4.99 Å². The van der Waals surface area contributed by atoms with Gasteiger partial charge in [0, 0.05) is 39.3 Å². The highest BCUT2D eigenvalue weighted by atomic mass is 32.2. The van der Waals surface area contributed by atoms with Gasteiger partial charge in [0.15, 0.2) is 5.96 Å². The van der Waals surface area contributed by atoms with E-state index in [1.807, 2.05) is 6.92 Å². The number of hydrogen-bond acceptors (Lipinski definition) is 4. The number of aliphatic hydroxyl groups is 1. The van der Waals surface area contributed by atoms with Gasteiger partial charge in [-0.3, -0.25) is 4.99 Å². The number of guanidine groups is 1. The normalized spacial score (nSPS) is 18.1. The van der Waals surface area contributed by atoms with Gasteiger partial charge in [0.2, 0.25) is 0 Å². The standard InChI is InChI=1S/C18H35F3N4O3S/c1-4-17(5-2,9-12-26)14-24-16(22-6-3)23-13-15-7-10-25(11-8-15)29(27,28)18(19,20)21/h15,26H,4-14H2,1-3H3,(H2,22,23,24). The zero-order chi connectivity index (χ0) is 22.1. The van der Waals surface area contributed by atoms with Crippen LogP contribution in [0.4, 0.5) is 13.2 Å². The van der Waals surface area contributed by atoms with Crippen LogP contribution < -0.4 is 10.6 Å². The summed E-state index contributed by atoms with van der Waals surface area (Å²) in [4.78, 5) is 4.65. The van der Waals surface area contributed by atoms with Gasteiger partial charge < -0.3 is 15.7 Å². The average molecular weight is 445 g/mol. The van der Waals surface area contributed by atoms with Crippen LogP contribution >= 0.6 is 0 Å². The molecule has 0 aromatic heterocycles. The molecule has 1 aliphatic heterocycles. The lowest BCUT2D eigenvalue weighted by molar-refractivity contribution is -0.0496. The summed E-state index contributed by atoms with van der Waals surface area (Å²) < 4.78 is 61.5. The zero-order valence-corrected chi connectivity index (χ0v) is 18.4. The molecular formula is C18H35F3N4O3S. The van der Waals surface area contributed by atoms with Crippen LogP contribution in [0.3, 0.4) is 0 Å². The minimum atomic E-state index is -5.25. The first-order valence-corrected chi connectivity index (χ1v) is 11.7. The Kier molecular flexibility index (Phi) is 10.2. The van der Waals surface area contributed by atoms with Crippen molar-refractivity contribution in [2.24, 2.45) is 16.3 Å². The molecule has 0 amide bonds. The van der Waals surface area contributed by atoms with Crippen LogP contribution in [0.2, 0.25) is 0 Å². The molecule has 0 unspecified atom stereocenters. The summed E-state index contributed by atoms with van der Waals surface area (Å²) >= 11 is 0. The summed E-state index contributed by atoms with van der Waals surface area (Å²) in [5.41, 5.74) is -5.31. The maximum atomic E-state index is 12.7. The topological polar surface area (TPSA) is 94.0 Å². The summed E-state index contributed by atoms with van der Waals surface area (Å²) in [5, 5.41) is 15.7. The molecule has 3 N–H and O–H groups in total. The quantitative estimate of drug-likeness (QED) is 0.355. The van der Waals surface area contributed by atoms with Crippen molar-refractivity contribution < 1.29 is 26.7 Å². The van der Waals surface area contributed by atoms with Crippen molar-refractivity contribution in [2.75, 3.05) is 39.3 Å². The van der Waals surface area contributed by atoms with Gasteiger partial charge in [0.25, 0.3) is 0 Å². The maximum absolute atomic E-state index is 12.7. The van der Waals surface area contributed by atoms with Crippen molar-refractivity contribution in [2.45, 2.75) is 58.4 Å². The minimum Gasteiger partial charge on any atom is -0.396 e. The number of rotatable bonds is 10. The van der Waals surface area contributed by atoms with Crippen molar-refractivity contribution in [3.63, 3.8) is 0 Å². The largest absolute Gasteiger partial charge is 0.511 e. The van der Waals surface area contributed by atoms with Gasteiger partial charge in [-0.05, 0) is 50.4 Å². The third-order valence-corrected chi connectivity index (χ3v) is 7.45. The molecule has 0 saturated carbocycles. The molecule has 7 nitrogen and oxygen atoms in total. The Morgan fingerprint density at radius 2 is 1.72 bits per heavy atom. The predicted octanol–water partition coefficient (Wildman–Crippen LogP) is 2.29. The number of hydrogen-bond donors (Lipinski definition) is 3. The van der Waals surface area contributed by atoms with Crippen LogP contribution in [0.25, 0.3) is 0 Å². The van der Waals surface area contributed by atoms with Gasteiger partial charge in [-0.15, -0.1) is 0 Å². The fourth-order valence-corrected chi connectivity index (χ4v) is 4.46. The highest BCUT2D eigenvalue weighted by Crippen LogP contribution is 2.31. The molecule has 1 rings (SSSR count). The molecule has 29 heavy (non-hydrogen) atoms. The molecule has 0 aliphatic carbocycles. The van der Waals surface area contributed by atoms with E-state index in [0.717, 1.165) is 12.8 Å². The van der Waals surface area contributed by atoms with Gasteiger partial charge in [-0.2, -0.15) is 17.5 Å². The summed E-state index contributed by atoms with van der Waals surface area (Å²) in [6, 6.07) is 0. The molecule has 1 saturated heterocycles. The van der Waals surface area contributed by atoms with E-state index in [2.05, 4.69) is 29.5 Å². The van der Waals surface area contributed by atoms with E-state index < -0.39 is 15.5 Å². The number of sulfonamides is 1. The van der Waals surface area contributed by atoms with Crippen LogP contribution in [-0.2, 0) is 10.0 Å². The summed E-state index contributed by atoms with van der Waals surface area (Å²) in [6.45, 7) is 7.70. The van der Waals surface area contributed by atoms with Gasteiger partial charge in [-0.1, -0.05) is 13.8 Å². The van der Waals surface area contributed by atoms with Crippen molar-refractivity contribution in [1.29, 1.82) is 0 Å². The average Bonchev–Trinajstić information content (AvgIpc) is 2.68. The molecule has 0 aromatic carbocycles.